The SMILES string of the molecule is COc1ccc(-c2cnc(Nc3ccccc3C)c(Cl)c2C#N)cc1. The number of ether oxygens (including phenoxy) is 1. The lowest BCUT2D eigenvalue weighted by Crippen LogP contribution is -1.99. The Morgan fingerprint density at radius 2 is 1.84 bits per heavy atom. The molecule has 0 aliphatic heterocycles. The van der Waals surface area contributed by atoms with Crippen LogP contribution in [0, 0.1) is 18.3 Å². The van der Waals surface area contributed by atoms with Gasteiger partial charge in [-0.1, -0.05) is 41.9 Å². The molecular formula is C20H16ClN3O. The highest BCUT2D eigenvalue weighted by Gasteiger charge is 2.15. The number of nitrogens with one attached hydrogen (secondary N) is 1. The molecule has 0 aliphatic carbocycles. The number of para-hydroxylation sites is 1. The second kappa shape index (κ2) is 7.25. The lowest BCUT2D eigenvalue weighted by atomic mass is 10.0. The average Bonchev–Trinajstić information content (AvgIpc) is 2.65. The fourth-order valence-corrected chi connectivity index (χ4v) is 2.75. The third kappa shape index (κ3) is 3.42. The van der Waals surface area contributed by atoms with E-state index in [0.717, 1.165) is 22.6 Å². The number of anilines is 2. The molecule has 0 unspecified atom stereocenters. The minimum absolute atomic E-state index is 0.305. The quantitative estimate of drug-likeness (QED) is 0.691. The van der Waals surface area contributed by atoms with Crippen LogP contribution in [0.4, 0.5) is 11.5 Å². The van der Waals surface area contributed by atoms with Crippen molar-refractivity contribution in [1.29, 1.82) is 5.26 Å². The smallest absolute Gasteiger partial charge is 0.150 e. The summed E-state index contributed by atoms with van der Waals surface area (Å²) in [5.74, 6) is 1.21. The molecule has 0 radical (unpaired) electrons. The number of nitrogens with zero attached hydrogens (tertiary/aromatic N) is 2. The van der Waals surface area contributed by atoms with Gasteiger partial charge in [0, 0.05) is 17.4 Å². The number of halogens is 1. The standard InChI is InChI=1S/C20H16ClN3O/c1-13-5-3-4-6-18(13)24-20-19(21)16(11-22)17(12-23-20)14-7-9-15(25-2)10-8-14/h3-10,12H,1-2H3,(H,23,24). The molecule has 1 heterocycles. The molecule has 1 N–H and O–H groups in total. The van der Waals surface area contributed by atoms with E-state index in [-0.39, 0.29) is 0 Å². The van der Waals surface area contributed by atoms with Gasteiger partial charge < -0.3 is 10.1 Å². The van der Waals surface area contributed by atoms with Gasteiger partial charge in [0.15, 0.2) is 5.82 Å². The van der Waals surface area contributed by atoms with Crippen LogP contribution in [0.15, 0.2) is 54.7 Å². The van der Waals surface area contributed by atoms with Crippen molar-refractivity contribution in [3.8, 4) is 22.9 Å². The second-order valence-electron chi connectivity index (χ2n) is 5.49. The maximum absolute atomic E-state index is 9.59. The molecule has 3 aromatic rings. The summed E-state index contributed by atoms with van der Waals surface area (Å²) in [4.78, 5) is 4.42. The molecule has 0 spiro atoms. The molecular weight excluding hydrogens is 334 g/mol. The summed E-state index contributed by atoms with van der Waals surface area (Å²) < 4.78 is 5.17. The molecule has 124 valence electrons. The molecule has 0 saturated heterocycles. The highest BCUT2D eigenvalue weighted by molar-refractivity contribution is 6.34. The van der Waals surface area contributed by atoms with Gasteiger partial charge in [-0.15, -0.1) is 0 Å². The Labute approximate surface area is 151 Å². The molecule has 0 aliphatic rings. The van der Waals surface area contributed by atoms with E-state index in [9.17, 15) is 5.26 Å². The largest absolute Gasteiger partial charge is 0.497 e. The van der Waals surface area contributed by atoms with Gasteiger partial charge in [0.25, 0.3) is 0 Å². The van der Waals surface area contributed by atoms with E-state index in [1.54, 1.807) is 13.3 Å². The van der Waals surface area contributed by atoms with Crippen molar-refractivity contribution in [2.24, 2.45) is 0 Å². The number of rotatable bonds is 4. The van der Waals surface area contributed by atoms with Crippen molar-refractivity contribution in [2.45, 2.75) is 6.92 Å². The third-order valence-electron chi connectivity index (χ3n) is 3.93. The average molecular weight is 350 g/mol. The summed E-state index contributed by atoms with van der Waals surface area (Å²) in [6.07, 6.45) is 1.66. The van der Waals surface area contributed by atoms with Gasteiger partial charge in [0.2, 0.25) is 0 Å². The number of methoxy groups -OCH3 is 1. The Hall–Kier alpha value is -3.03. The molecule has 1 aromatic heterocycles. The first-order valence-electron chi connectivity index (χ1n) is 7.69. The first-order valence-corrected chi connectivity index (χ1v) is 8.07. The summed E-state index contributed by atoms with van der Waals surface area (Å²) in [6.45, 7) is 1.99. The van der Waals surface area contributed by atoms with E-state index in [1.165, 1.54) is 0 Å². The number of aryl methyl sites for hydroxylation is 1. The topological polar surface area (TPSA) is 57.9 Å². The van der Waals surface area contributed by atoms with Gasteiger partial charge >= 0.3 is 0 Å². The van der Waals surface area contributed by atoms with Crippen molar-refractivity contribution in [3.05, 3.63) is 70.9 Å². The van der Waals surface area contributed by atoms with E-state index < -0.39 is 0 Å². The Balaban J connectivity index is 2.02. The second-order valence-corrected chi connectivity index (χ2v) is 5.87. The molecule has 0 amide bonds. The summed E-state index contributed by atoms with van der Waals surface area (Å²) in [7, 11) is 1.61. The summed E-state index contributed by atoms with van der Waals surface area (Å²) in [5, 5.41) is 13.1. The van der Waals surface area contributed by atoms with Crippen molar-refractivity contribution in [3.63, 3.8) is 0 Å². The van der Waals surface area contributed by atoms with E-state index in [4.69, 9.17) is 16.3 Å². The molecule has 0 atom stereocenters. The summed E-state index contributed by atoms with van der Waals surface area (Å²) in [5.41, 5.74) is 3.90. The normalized spacial score (nSPS) is 10.2. The zero-order valence-electron chi connectivity index (χ0n) is 13.9. The molecule has 3 rings (SSSR count). The van der Waals surface area contributed by atoms with Crippen LogP contribution in [-0.4, -0.2) is 12.1 Å². The van der Waals surface area contributed by atoms with Gasteiger partial charge in [0.05, 0.1) is 12.7 Å². The zero-order chi connectivity index (χ0) is 17.8. The number of hydrogen-bond donors (Lipinski definition) is 1. The fraction of sp³-hybridized carbons (Fsp3) is 0.100. The van der Waals surface area contributed by atoms with Crippen LogP contribution in [0.5, 0.6) is 5.75 Å². The summed E-state index contributed by atoms with van der Waals surface area (Å²) >= 11 is 6.45. The molecule has 2 aromatic carbocycles. The van der Waals surface area contributed by atoms with Crippen LogP contribution in [0.2, 0.25) is 5.02 Å². The van der Waals surface area contributed by atoms with Gasteiger partial charge in [-0.25, -0.2) is 4.98 Å². The van der Waals surface area contributed by atoms with Gasteiger partial charge in [0.1, 0.15) is 16.8 Å². The zero-order valence-corrected chi connectivity index (χ0v) is 14.6. The van der Waals surface area contributed by atoms with Crippen molar-refractivity contribution in [1.82, 2.24) is 4.98 Å². The van der Waals surface area contributed by atoms with Gasteiger partial charge in [-0.05, 0) is 36.2 Å². The molecule has 0 saturated carbocycles. The van der Waals surface area contributed by atoms with Crippen LogP contribution < -0.4 is 10.1 Å². The fourth-order valence-electron chi connectivity index (χ4n) is 2.51. The molecule has 25 heavy (non-hydrogen) atoms. The Morgan fingerprint density at radius 1 is 1.12 bits per heavy atom. The van der Waals surface area contributed by atoms with E-state index in [0.29, 0.717) is 22.0 Å². The molecule has 4 nitrogen and oxygen atoms in total. The van der Waals surface area contributed by atoms with E-state index in [1.807, 2.05) is 55.5 Å². The Kier molecular flexibility index (Phi) is 4.87. The Bertz CT molecular complexity index is 946. The van der Waals surface area contributed by atoms with Crippen LogP contribution in [0.25, 0.3) is 11.1 Å². The number of aromatic nitrogens is 1. The van der Waals surface area contributed by atoms with Gasteiger partial charge in [-0.2, -0.15) is 5.26 Å². The number of pyridine rings is 1. The van der Waals surface area contributed by atoms with Crippen LogP contribution in [0.1, 0.15) is 11.1 Å². The predicted molar refractivity (Wildman–Crippen MR) is 100 cm³/mol. The minimum Gasteiger partial charge on any atom is -0.497 e. The molecule has 5 heteroatoms. The summed E-state index contributed by atoms with van der Waals surface area (Å²) in [6, 6.07) is 17.4. The van der Waals surface area contributed by atoms with Crippen molar-refractivity contribution < 1.29 is 4.74 Å². The van der Waals surface area contributed by atoms with E-state index in [2.05, 4.69) is 16.4 Å². The first-order chi connectivity index (χ1) is 12.1. The Morgan fingerprint density at radius 3 is 2.48 bits per heavy atom. The van der Waals surface area contributed by atoms with Crippen molar-refractivity contribution in [2.75, 3.05) is 12.4 Å². The van der Waals surface area contributed by atoms with Crippen LogP contribution in [-0.2, 0) is 0 Å². The monoisotopic (exact) mass is 349 g/mol. The lowest BCUT2D eigenvalue weighted by molar-refractivity contribution is 0.415. The lowest BCUT2D eigenvalue weighted by Gasteiger charge is -2.13. The molecule has 0 bridgehead atoms. The number of hydrogen-bond acceptors (Lipinski definition) is 4. The van der Waals surface area contributed by atoms with Crippen molar-refractivity contribution >= 4 is 23.1 Å². The predicted octanol–water partition coefficient (Wildman–Crippen LogP) is 5.33. The minimum atomic E-state index is 0.305. The highest BCUT2D eigenvalue weighted by atomic mass is 35.5. The maximum Gasteiger partial charge on any atom is 0.150 e. The molecule has 0 fully saturated rings. The third-order valence-corrected chi connectivity index (χ3v) is 4.30. The maximum atomic E-state index is 9.59. The van der Waals surface area contributed by atoms with Crippen LogP contribution in [0.3, 0.4) is 0 Å². The van der Waals surface area contributed by atoms with Crippen LogP contribution >= 0.6 is 11.6 Å². The number of benzene rings is 2. The highest BCUT2D eigenvalue weighted by Crippen LogP contribution is 2.34. The number of nitriles is 1. The first kappa shape index (κ1) is 16.8. The van der Waals surface area contributed by atoms with E-state index >= 15 is 0 Å². The van der Waals surface area contributed by atoms with Gasteiger partial charge in [-0.3, -0.25) is 0 Å².